The second kappa shape index (κ2) is 8.02. The molecular formula is C22H21N5O2. The Hall–Kier alpha value is -3.87. The third-order valence-corrected chi connectivity index (χ3v) is 4.70. The van der Waals surface area contributed by atoms with Gasteiger partial charge in [0.25, 0.3) is 0 Å². The van der Waals surface area contributed by atoms with E-state index < -0.39 is 0 Å². The minimum Gasteiger partial charge on any atom is -0.497 e. The predicted octanol–water partition coefficient (Wildman–Crippen LogP) is 4.52. The van der Waals surface area contributed by atoms with Crippen LogP contribution in [0.25, 0.3) is 22.2 Å². The number of amides is 2. The highest BCUT2D eigenvalue weighted by molar-refractivity contribution is 5.95. The second-order valence-corrected chi connectivity index (χ2v) is 6.65. The fraction of sp³-hybridized carbons (Fsp3) is 0.136. The van der Waals surface area contributed by atoms with Crippen LogP contribution in [0.15, 0.2) is 66.9 Å². The molecule has 0 saturated carbocycles. The number of nitrogens with zero attached hydrogens (tertiary/aromatic N) is 2. The number of carbonyl (C=O) groups excluding carboxylic acids is 1. The number of H-pyrrole nitrogens is 1. The summed E-state index contributed by atoms with van der Waals surface area (Å²) in [6, 6.07) is 18.8. The molecule has 7 heteroatoms. The smallest absolute Gasteiger partial charge is 0.320 e. The number of aromatic amines is 1. The standard InChI is InChI=1S/C22H21N5O2/c1-14(15-6-4-3-5-7-15)24-22(28)25-20-12-19-18(13-23-20)21(27-26-19)16-8-10-17(29-2)11-9-16/h3-14H,1-2H3,(H,26,27)(H2,23,24,25,28). The van der Waals surface area contributed by atoms with Crippen molar-refractivity contribution in [2.45, 2.75) is 13.0 Å². The predicted molar refractivity (Wildman–Crippen MR) is 113 cm³/mol. The molecule has 0 bridgehead atoms. The Labute approximate surface area is 168 Å². The molecule has 3 N–H and O–H groups in total. The highest BCUT2D eigenvalue weighted by Crippen LogP contribution is 2.28. The number of urea groups is 1. The van der Waals surface area contributed by atoms with Crippen molar-refractivity contribution in [3.05, 3.63) is 72.4 Å². The number of nitrogens with one attached hydrogen (secondary N) is 3. The van der Waals surface area contributed by atoms with E-state index in [9.17, 15) is 4.79 Å². The molecule has 146 valence electrons. The number of hydrogen-bond acceptors (Lipinski definition) is 4. The van der Waals surface area contributed by atoms with Crippen molar-refractivity contribution >= 4 is 22.8 Å². The Balaban J connectivity index is 1.48. The molecule has 7 nitrogen and oxygen atoms in total. The average Bonchev–Trinajstić information content (AvgIpc) is 3.17. The molecule has 1 atom stereocenters. The summed E-state index contributed by atoms with van der Waals surface area (Å²) in [5, 5.41) is 14.0. The molecule has 0 fully saturated rings. The Kier molecular flexibility index (Phi) is 5.11. The van der Waals surface area contributed by atoms with Crippen LogP contribution in [0.3, 0.4) is 0 Å². The molecule has 2 aromatic carbocycles. The van der Waals surface area contributed by atoms with Gasteiger partial charge in [0.2, 0.25) is 0 Å². The van der Waals surface area contributed by atoms with Crippen LogP contribution >= 0.6 is 0 Å². The van der Waals surface area contributed by atoms with Crippen molar-refractivity contribution in [1.82, 2.24) is 20.5 Å². The lowest BCUT2D eigenvalue weighted by Crippen LogP contribution is -2.31. The minimum absolute atomic E-state index is 0.117. The summed E-state index contributed by atoms with van der Waals surface area (Å²) in [7, 11) is 1.63. The molecule has 2 aromatic heterocycles. The zero-order valence-electron chi connectivity index (χ0n) is 16.1. The lowest BCUT2D eigenvalue weighted by Gasteiger charge is -2.14. The molecule has 0 spiro atoms. The topological polar surface area (TPSA) is 91.9 Å². The van der Waals surface area contributed by atoms with E-state index in [0.29, 0.717) is 5.82 Å². The van der Waals surface area contributed by atoms with E-state index in [4.69, 9.17) is 4.74 Å². The van der Waals surface area contributed by atoms with Gasteiger partial charge in [0.05, 0.1) is 18.7 Å². The number of anilines is 1. The zero-order chi connectivity index (χ0) is 20.2. The van der Waals surface area contributed by atoms with E-state index in [1.54, 1.807) is 19.4 Å². The lowest BCUT2D eigenvalue weighted by molar-refractivity contribution is 0.249. The van der Waals surface area contributed by atoms with E-state index in [2.05, 4.69) is 25.8 Å². The van der Waals surface area contributed by atoms with Crippen LogP contribution in [0.1, 0.15) is 18.5 Å². The number of methoxy groups -OCH3 is 1. The van der Waals surface area contributed by atoms with Gasteiger partial charge in [-0.25, -0.2) is 9.78 Å². The third-order valence-electron chi connectivity index (χ3n) is 4.70. The molecule has 1 unspecified atom stereocenters. The summed E-state index contributed by atoms with van der Waals surface area (Å²) in [5.41, 5.74) is 3.57. The fourth-order valence-corrected chi connectivity index (χ4v) is 3.12. The minimum atomic E-state index is -0.317. The summed E-state index contributed by atoms with van der Waals surface area (Å²) in [4.78, 5) is 16.7. The maximum atomic E-state index is 12.3. The van der Waals surface area contributed by atoms with Gasteiger partial charge in [-0.05, 0) is 36.8 Å². The quantitative estimate of drug-likeness (QED) is 0.470. The van der Waals surface area contributed by atoms with Gasteiger partial charge in [0.1, 0.15) is 17.3 Å². The van der Waals surface area contributed by atoms with Crippen LogP contribution < -0.4 is 15.4 Å². The maximum absolute atomic E-state index is 12.3. The van der Waals surface area contributed by atoms with Gasteiger partial charge in [0.15, 0.2) is 0 Å². The van der Waals surface area contributed by atoms with Crippen molar-refractivity contribution < 1.29 is 9.53 Å². The van der Waals surface area contributed by atoms with Crippen molar-refractivity contribution in [3.63, 3.8) is 0 Å². The maximum Gasteiger partial charge on any atom is 0.320 e. The summed E-state index contributed by atoms with van der Waals surface area (Å²) in [6.07, 6.45) is 1.70. The Morgan fingerprint density at radius 1 is 1.10 bits per heavy atom. The van der Waals surface area contributed by atoms with E-state index in [0.717, 1.165) is 33.5 Å². The summed E-state index contributed by atoms with van der Waals surface area (Å²) < 4.78 is 5.20. The van der Waals surface area contributed by atoms with Gasteiger partial charge in [0, 0.05) is 23.2 Å². The van der Waals surface area contributed by atoms with Crippen LogP contribution in [-0.4, -0.2) is 28.3 Å². The molecular weight excluding hydrogens is 366 g/mol. The van der Waals surface area contributed by atoms with Crippen LogP contribution in [0.2, 0.25) is 0 Å². The SMILES string of the molecule is COc1ccc(-c2n[nH]c3cc(NC(=O)NC(C)c4ccccc4)ncc23)cc1. The van der Waals surface area contributed by atoms with Crippen LogP contribution in [0.4, 0.5) is 10.6 Å². The van der Waals surface area contributed by atoms with Crippen LogP contribution in [-0.2, 0) is 0 Å². The first-order valence-electron chi connectivity index (χ1n) is 9.25. The molecule has 0 aliphatic rings. The second-order valence-electron chi connectivity index (χ2n) is 6.65. The molecule has 4 aromatic rings. The molecule has 2 amide bonds. The van der Waals surface area contributed by atoms with E-state index >= 15 is 0 Å². The molecule has 0 saturated heterocycles. The van der Waals surface area contributed by atoms with Gasteiger partial charge in [-0.2, -0.15) is 5.10 Å². The van der Waals surface area contributed by atoms with Crippen molar-refractivity contribution in [1.29, 1.82) is 0 Å². The summed E-state index contributed by atoms with van der Waals surface area (Å²) in [5.74, 6) is 1.23. The highest BCUT2D eigenvalue weighted by atomic mass is 16.5. The molecule has 0 aliphatic carbocycles. The van der Waals surface area contributed by atoms with Gasteiger partial charge in [-0.15, -0.1) is 0 Å². The zero-order valence-corrected chi connectivity index (χ0v) is 16.1. The number of fused-ring (bicyclic) bond motifs is 1. The Morgan fingerprint density at radius 3 is 2.59 bits per heavy atom. The third kappa shape index (κ3) is 4.03. The van der Waals surface area contributed by atoms with Gasteiger partial charge >= 0.3 is 6.03 Å². The molecule has 29 heavy (non-hydrogen) atoms. The lowest BCUT2D eigenvalue weighted by atomic mass is 10.1. The van der Waals surface area contributed by atoms with Gasteiger partial charge < -0.3 is 10.1 Å². The summed E-state index contributed by atoms with van der Waals surface area (Å²) in [6.45, 7) is 1.93. The molecule has 0 radical (unpaired) electrons. The number of hydrogen-bond donors (Lipinski definition) is 3. The molecule has 2 heterocycles. The monoisotopic (exact) mass is 387 g/mol. The number of carbonyl (C=O) groups is 1. The largest absolute Gasteiger partial charge is 0.497 e. The first-order valence-corrected chi connectivity index (χ1v) is 9.25. The number of benzene rings is 2. The van der Waals surface area contributed by atoms with E-state index in [1.807, 2.05) is 61.5 Å². The van der Waals surface area contributed by atoms with Gasteiger partial charge in [-0.3, -0.25) is 10.4 Å². The number of rotatable bonds is 5. The first kappa shape index (κ1) is 18.5. The van der Waals surface area contributed by atoms with Crippen LogP contribution in [0, 0.1) is 0 Å². The Morgan fingerprint density at radius 2 is 1.86 bits per heavy atom. The average molecular weight is 387 g/mol. The van der Waals surface area contributed by atoms with Crippen molar-refractivity contribution in [3.8, 4) is 17.0 Å². The normalized spacial score (nSPS) is 11.8. The highest BCUT2D eigenvalue weighted by Gasteiger charge is 2.13. The number of pyridine rings is 1. The summed E-state index contributed by atoms with van der Waals surface area (Å²) >= 11 is 0. The van der Waals surface area contributed by atoms with Crippen molar-refractivity contribution in [2.24, 2.45) is 0 Å². The molecule has 4 rings (SSSR count). The van der Waals surface area contributed by atoms with Gasteiger partial charge in [-0.1, -0.05) is 30.3 Å². The van der Waals surface area contributed by atoms with E-state index in [1.165, 1.54) is 0 Å². The van der Waals surface area contributed by atoms with Crippen molar-refractivity contribution in [2.75, 3.05) is 12.4 Å². The van der Waals surface area contributed by atoms with E-state index in [-0.39, 0.29) is 12.1 Å². The first-order chi connectivity index (χ1) is 14.1. The Bertz CT molecular complexity index is 1120. The number of aromatic nitrogens is 3. The fourth-order valence-electron chi connectivity index (χ4n) is 3.12. The van der Waals surface area contributed by atoms with Crippen LogP contribution in [0.5, 0.6) is 5.75 Å². The molecule has 0 aliphatic heterocycles. The number of ether oxygens (including phenoxy) is 1.